The van der Waals surface area contributed by atoms with E-state index in [9.17, 15) is 4.79 Å². The molecule has 21 heavy (non-hydrogen) atoms. The Morgan fingerprint density at radius 3 is 2.95 bits per heavy atom. The van der Waals surface area contributed by atoms with Crippen LogP contribution in [0.4, 0.5) is 0 Å². The number of aromatic nitrogens is 3. The molecule has 0 fully saturated rings. The quantitative estimate of drug-likeness (QED) is 0.796. The fourth-order valence-corrected chi connectivity index (χ4v) is 3.75. The average molecular weight is 324 g/mol. The number of thiazole rings is 1. The Morgan fingerprint density at radius 2 is 2.33 bits per heavy atom. The Bertz CT molecular complexity index is 593. The maximum absolute atomic E-state index is 12.1. The third-order valence-corrected chi connectivity index (χ3v) is 4.96. The Labute approximate surface area is 133 Å². The molecule has 0 spiro atoms. The smallest absolute Gasteiger partial charge is 0.226 e. The van der Waals surface area contributed by atoms with E-state index in [2.05, 4.69) is 29.2 Å². The number of carbonyl (C=O) groups excluding carboxylic acids is 1. The van der Waals surface area contributed by atoms with Crippen LogP contribution in [0.5, 0.6) is 0 Å². The largest absolute Gasteiger partial charge is 0.349 e. The number of rotatable bonds is 7. The van der Waals surface area contributed by atoms with Crippen molar-refractivity contribution < 1.29 is 4.79 Å². The van der Waals surface area contributed by atoms with Crippen LogP contribution in [0.3, 0.4) is 0 Å². The van der Waals surface area contributed by atoms with Crippen molar-refractivity contribution in [3.8, 4) is 0 Å². The Balaban J connectivity index is 1.93. The number of nitrogens with one attached hydrogen (secondary N) is 1. The molecule has 0 aliphatic rings. The number of aryl methyl sites for hydroxylation is 1. The van der Waals surface area contributed by atoms with Gasteiger partial charge in [-0.05, 0) is 12.2 Å². The van der Waals surface area contributed by atoms with Crippen LogP contribution in [-0.2, 0) is 18.3 Å². The number of hydrogen-bond acceptors (Lipinski definition) is 5. The van der Waals surface area contributed by atoms with E-state index in [0.29, 0.717) is 6.42 Å². The standard InChI is InChI=1S/C14H20N4OS2/c1-4-12(10-7-15-18(3)8-10)17-13(19)6-11-9-21-14(16-11)20-5-2/h7-9,12H,4-6H2,1-3H3,(H,17,19). The zero-order chi connectivity index (χ0) is 15.2. The third-order valence-electron chi connectivity index (χ3n) is 3.01. The minimum Gasteiger partial charge on any atom is -0.349 e. The van der Waals surface area contributed by atoms with Gasteiger partial charge in [-0.25, -0.2) is 4.98 Å². The molecule has 1 amide bonds. The summed E-state index contributed by atoms with van der Waals surface area (Å²) in [7, 11) is 1.88. The first kappa shape index (κ1) is 16.0. The summed E-state index contributed by atoms with van der Waals surface area (Å²) in [5.41, 5.74) is 1.88. The molecule has 0 bridgehead atoms. The third kappa shape index (κ3) is 4.57. The number of amides is 1. The Kier molecular flexibility index (Phi) is 5.81. The molecule has 1 N–H and O–H groups in total. The van der Waals surface area contributed by atoms with Gasteiger partial charge in [0.1, 0.15) is 4.34 Å². The van der Waals surface area contributed by atoms with Gasteiger partial charge in [-0.3, -0.25) is 9.48 Å². The highest BCUT2D eigenvalue weighted by atomic mass is 32.2. The van der Waals surface area contributed by atoms with Crippen LogP contribution < -0.4 is 5.32 Å². The highest BCUT2D eigenvalue weighted by Gasteiger charge is 2.15. The molecule has 2 aromatic rings. The molecule has 0 saturated carbocycles. The minimum atomic E-state index is 0.00375. The number of thioether (sulfide) groups is 1. The van der Waals surface area contributed by atoms with Crippen molar-refractivity contribution >= 4 is 29.0 Å². The fraction of sp³-hybridized carbons (Fsp3) is 0.500. The molecule has 1 unspecified atom stereocenters. The van der Waals surface area contributed by atoms with Gasteiger partial charge in [0, 0.05) is 24.2 Å². The number of hydrogen-bond donors (Lipinski definition) is 1. The molecule has 0 aromatic carbocycles. The Hall–Kier alpha value is -1.34. The highest BCUT2D eigenvalue weighted by molar-refractivity contribution is 8.00. The molecule has 5 nitrogen and oxygen atoms in total. The summed E-state index contributed by atoms with van der Waals surface area (Å²) >= 11 is 3.30. The molecular formula is C14H20N4OS2. The van der Waals surface area contributed by atoms with Crippen LogP contribution in [0, 0.1) is 0 Å². The van der Waals surface area contributed by atoms with Crippen molar-refractivity contribution in [1.82, 2.24) is 20.1 Å². The van der Waals surface area contributed by atoms with Crippen LogP contribution in [-0.4, -0.2) is 26.4 Å². The van der Waals surface area contributed by atoms with Gasteiger partial charge in [-0.15, -0.1) is 11.3 Å². The SMILES string of the molecule is CCSc1nc(CC(=O)NC(CC)c2cnn(C)c2)cs1. The summed E-state index contributed by atoms with van der Waals surface area (Å²) in [6.45, 7) is 4.15. The van der Waals surface area contributed by atoms with Gasteiger partial charge in [0.2, 0.25) is 5.91 Å². The predicted octanol–water partition coefficient (Wildman–Crippen LogP) is 2.80. The molecular weight excluding hydrogens is 304 g/mol. The minimum absolute atomic E-state index is 0.00375. The second kappa shape index (κ2) is 7.61. The van der Waals surface area contributed by atoms with Crippen molar-refractivity contribution in [1.29, 1.82) is 0 Å². The van der Waals surface area contributed by atoms with Crippen LogP contribution in [0.1, 0.15) is 37.6 Å². The van der Waals surface area contributed by atoms with E-state index in [4.69, 9.17) is 0 Å². The van der Waals surface area contributed by atoms with Gasteiger partial charge in [0.15, 0.2) is 0 Å². The predicted molar refractivity (Wildman–Crippen MR) is 86.6 cm³/mol. The highest BCUT2D eigenvalue weighted by Crippen LogP contribution is 2.22. The van der Waals surface area contributed by atoms with E-state index < -0.39 is 0 Å². The molecule has 0 saturated heterocycles. The van der Waals surface area contributed by atoms with E-state index in [1.807, 2.05) is 18.6 Å². The van der Waals surface area contributed by atoms with Crippen LogP contribution >= 0.6 is 23.1 Å². The molecule has 114 valence electrons. The summed E-state index contributed by atoms with van der Waals surface area (Å²) in [6, 6.07) is 0.00863. The van der Waals surface area contributed by atoms with Gasteiger partial charge >= 0.3 is 0 Å². The molecule has 0 aliphatic carbocycles. The number of carbonyl (C=O) groups is 1. The lowest BCUT2D eigenvalue weighted by Gasteiger charge is -2.14. The van der Waals surface area contributed by atoms with Crippen LogP contribution in [0.2, 0.25) is 0 Å². The van der Waals surface area contributed by atoms with E-state index in [-0.39, 0.29) is 11.9 Å². The lowest BCUT2D eigenvalue weighted by molar-refractivity contribution is -0.121. The van der Waals surface area contributed by atoms with Crippen molar-refractivity contribution in [2.75, 3.05) is 5.75 Å². The normalized spacial score (nSPS) is 12.3. The summed E-state index contributed by atoms with van der Waals surface area (Å²) in [5, 5.41) is 9.17. The number of nitrogens with zero attached hydrogens (tertiary/aromatic N) is 3. The maximum atomic E-state index is 12.1. The lowest BCUT2D eigenvalue weighted by Crippen LogP contribution is -2.29. The molecule has 0 radical (unpaired) electrons. The summed E-state index contributed by atoms with van der Waals surface area (Å²) in [5.74, 6) is 1.00. The molecule has 0 aliphatic heterocycles. The first-order chi connectivity index (χ1) is 10.1. The molecule has 1 atom stereocenters. The molecule has 2 rings (SSSR count). The van der Waals surface area contributed by atoms with Gasteiger partial charge in [0.25, 0.3) is 0 Å². The summed E-state index contributed by atoms with van der Waals surface area (Å²) in [6.07, 6.45) is 4.91. The van der Waals surface area contributed by atoms with Gasteiger partial charge in [-0.2, -0.15) is 5.10 Å². The zero-order valence-electron chi connectivity index (χ0n) is 12.5. The van der Waals surface area contributed by atoms with Crippen molar-refractivity contribution in [2.45, 2.75) is 37.1 Å². The summed E-state index contributed by atoms with van der Waals surface area (Å²) in [4.78, 5) is 16.6. The van der Waals surface area contributed by atoms with Gasteiger partial charge in [0.05, 0.1) is 24.4 Å². The van der Waals surface area contributed by atoms with Gasteiger partial charge in [-0.1, -0.05) is 25.6 Å². The second-order valence-electron chi connectivity index (χ2n) is 4.69. The lowest BCUT2D eigenvalue weighted by atomic mass is 10.1. The monoisotopic (exact) mass is 324 g/mol. The second-order valence-corrected chi connectivity index (χ2v) is 7.06. The van der Waals surface area contributed by atoms with E-state index in [1.54, 1.807) is 34.0 Å². The van der Waals surface area contributed by atoms with Crippen molar-refractivity contribution in [2.24, 2.45) is 7.05 Å². The van der Waals surface area contributed by atoms with Crippen molar-refractivity contribution in [3.05, 3.63) is 29.0 Å². The molecule has 2 aromatic heterocycles. The maximum Gasteiger partial charge on any atom is 0.226 e. The average Bonchev–Trinajstić information content (AvgIpc) is 3.06. The molecule has 7 heteroatoms. The van der Waals surface area contributed by atoms with Crippen LogP contribution in [0.25, 0.3) is 0 Å². The van der Waals surface area contributed by atoms with E-state index in [0.717, 1.165) is 27.8 Å². The fourth-order valence-electron chi connectivity index (χ4n) is 2.01. The van der Waals surface area contributed by atoms with E-state index >= 15 is 0 Å². The Morgan fingerprint density at radius 1 is 1.52 bits per heavy atom. The van der Waals surface area contributed by atoms with Crippen LogP contribution in [0.15, 0.2) is 22.1 Å². The van der Waals surface area contributed by atoms with E-state index in [1.165, 1.54) is 0 Å². The zero-order valence-corrected chi connectivity index (χ0v) is 14.1. The van der Waals surface area contributed by atoms with Crippen molar-refractivity contribution in [3.63, 3.8) is 0 Å². The molecule has 2 heterocycles. The first-order valence-electron chi connectivity index (χ1n) is 6.97. The summed E-state index contributed by atoms with van der Waals surface area (Å²) < 4.78 is 2.78. The first-order valence-corrected chi connectivity index (χ1v) is 8.84. The topological polar surface area (TPSA) is 59.8 Å². The van der Waals surface area contributed by atoms with Gasteiger partial charge < -0.3 is 5.32 Å².